The highest BCUT2D eigenvalue weighted by Gasteiger charge is 2.45. The summed E-state index contributed by atoms with van der Waals surface area (Å²) in [7, 11) is 0. The van der Waals surface area contributed by atoms with Gasteiger partial charge in [-0.15, -0.1) is 0 Å². The molecular formula is C31H35N3O2S. The first-order chi connectivity index (χ1) is 18.1. The lowest BCUT2D eigenvalue weighted by molar-refractivity contribution is -0.0380. The van der Waals surface area contributed by atoms with Crippen LogP contribution in [0, 0.1) is 0 Å². The van der Waals surface area contributed by atoms with E-state index < -0.39 is 6.10 Å². The van der Waals surface area contributed by atoms with E-state index in [9.17, 15) is 5.11 Å². The number of nitrogens with one attached hydrogen (secondary N) is 2. The topological polar surface area (TPSA) is 66.4 Å². The standard InChI is InChI=1S/C31H35N3O2S/c1-2-21-13-14-28-23(17-21)26(19-31(36-28)15-8-16-31)32-20-27(35)25(18-22-9-4-3-5-10-22)34-30-33-24-11-6-7-12-29(24)37-30/h3-7,9-14,17,25-27,32,35H,2,8,15-16,18-20H2,1H3,(H,33,34)/t25-,26-,27+/m0/s1. The first kappa shape index (κ1) is 24.4. The van der Waals surface area contributed by atoms with E-state index >= 15 is 0 Å². The third-order valence-electron chi connectivity index (χ3n) is 7.96. The van der Waals surface area contributed by atoms with Crippen molar-refractivity contribution in [3.8, 4) is 5.75 Å². The fourth-order valence-corrected chi connectivity index (χ4v) is 6.58. The Morgan fingerprint density at radius 2 is 1.86 bits per heavy atom. The number of ether oxygens (including phenoxy) is 1. The van der Waals surface area contributed by atoms with Crippen molar-refractivity contribution in [2.75, 3.05) is 11.9 Å². The van der Waals surface area contributed by atoms with Gasteiger partial charge in [0.2, 0.25) is 0 Å². The molecule has 4 aromatic rings. The van der Waals surface area contributed by atoms with Crippen LogP contribution in [-0.2, 0) is 12.8 Å². The van der Waals surface area contributed by atoms with Crippen LogP contribution < -0.4 is 15.4 Å². The summed E-state index contributed by atoms with van der Waals surface area (Å²) in [5.74, 6) is 1.00. The molecule has 6 heteroatoms. The van der Waals surface area contributed by atoms with Crippen LogP contribution in [0.5, 0.6) is 5.75 Å². The van der Waals surface area contributed by atoms with Crippen molar-refractivity contribution in [2.45, 2.75) is 69.2 Å². The van der Waals surface area contributed by atoms with Crippen molar-refractivity contribution in [1.29, 1.82) is 0 Å². The van der Waals surface area contributed by atoms with Gasteiger partial charge in [-0.1, -0.05) is 72.9 Å². The molecule has 2 aliphatic rings. The number of anilines is 1. The van der Waals surface area contributed by atoms with Crippen molar-refractivity contribution >= 4 is 26.7 Å². The van der Waals surface area contributed by atoms with E-state index in [1.807, 2.05) is 24.3 Å². The molecule has 3 aromatic carbocycles. The van der Waals surface area contributed by atoms with Crippen LogP contribution in [0.25, 0.3) is 10.2 Å². The van der Waals surface area contributed by atoms with Gasteiger partial charge in [-0.05, 0) is 61.4 Å². The van der Waals surface area contributed by atoms with E-state index in [1.54, 1.807) is 11.3 Å². The average molecular weight is 514 g/mol. The van der Waals surface area contributed by atoms with Crippen LogP contribution in [0.2, 0.25) is 0 Å². The van der Waals surface area contributed by atoms with Crippen LogP contribution in [0.15, 0.2) is 72.8 Å². The second-order valence-corrected chi connectivity index (χ2v) is 11.6. The average Bonchev–Trinajstić information content (AvgIpc) is 3.33. The largest absolute Gasteiger partial charge is 0.487 e. The summed E-state index contributed by atoms with van der Waals surface area (Å²) < 4.78 is 7.65. The Morgan fingerprint density at radius 3 is 2.62 bits per heavy atom. The van der Waals surface area contributed by atoms with Crippen molar-refractivity contribution < 1.29 is 9.84 Å². The Bertz CT molecular complexity index is 1320. The van der Waals surface area contributed by atoms with Crippen LogP contribution in [0.1, 0.15) is 55.3 Å². The van der Waals surface area contributed by atoms with E-state index in [4.69, 9.17) is 9.72 Å². The van der Waals surface area contributed by atoms with E-state index in [-0.39, 0.29) is 17.7 Å². The number of hydrogen-bond donors (Lipinski definition) is 3. The minimum Gasteiger partial charge on any atom is -0.487 e. The molecule has 1 aliphatic carbocycles. The van der Waals surface area contributed by atoms with E-state index in [0.29, 0.717) is 13.0 Å². The lowest BCUT2D eigenvalue weighted by atomic mass is 9.72. The maximum absolute atomic E-state index is 11.5. The quantitative estimate of drug-likeness (QED) is 0.246. The summed E-state index contributed by atoms with van der Waals surface area (Å²) in [5, 5.41) is 19.7. The summed E-state index contributed by atoms with van der Waals surface area (Å²) in [6, 6.07) is 25.1. The Labute approximate surface area is 222 Å². The third kappa shape index (κ3) is 5.24. The molecular weight excluding hydrogens is 478 g/mol. The van der Waals surface area contributed by atoms with Gasteiger partial charge in [0.1, 0.15) is 11.4 Å². The van der Waals surface area contributed by atoms with E-state index in [2.05, 4.69) is 66.1 Å². The fraction of sp³-hybridized carbons (Fsp3) is 0.387. The molecule has 5 nitrogen and oxygen atoms in total. The van der Waals surface area contributed by atoms with Gasteiger partial charge >= 0.3 is 0 Å². The highest BCUT2D eigenvalue weighted by atomic mass is 32.1. The first-order valence-corrected chi connectivity index (χ1v) is 14.3. The Hall–Kier alpha value is -2.93. The lowest BCUT2D eigenvalue weighted by Crippen LogP contribution is -2.50. The fourth-order valence-electron chi connectivity index (χ4n) is 5.65. The van der Waals surface area contributed by atoms with Crippen LogP contribution in [0.4, 0.5) is 5.13 Å². The van der Waals surface area contributed by atoms with Crippen molar-refractivity contribution in [1.82, 2.24) is 10.3 Å². The zero-order chi connectivity index (χ0) is 25.2. The number of nitrogens with zero attached hydrogens (tertiary/aromatic N) is 1. The molecule has 37 heavy (non-hydrogen) atoms. The molecule has 192 valence electrons. The highest BCUT2D eigenvalue weighted by molar-refractivity contribution is 7.22. The summed E-state index contributed by atoms with van der Waals surface area (Å²) in [5.41, 5.74) is 4.67. The molecule has 1 aliphatic heterocycles. The molecule has 6 rings (SSSR count). The molecule has 0 amide bonds. The van der Waals surface area contributed by atoms with Gasteiger partial charge in [0, 0.05) is 24.6 Å². The Balaban J connectivity index is 1.21. The summed E-state index contributed by atoms with van der Waals surface area (Å²) in [6.07, 6.45) is 5.52. The number of para-hydroxylation sites is 1. The van der Waals surface area contributed by atoms with Crippen LogP contribution in [-0.4, -0.2) is 34.4 Å². The summed E-state index contributed by atoms with van der Waals surface area (Å²) in [6.45, 7) is 2.68. The molecule has 1 fully saturated rings. The smallest absolute Gasteiger partial charge is 0.184 e. The molecule has 2 heterocycles. The SMILES string of the molecule is CCc1ccc2c(c1)[C@@H](NC[C@@H](O)[C@H](Cc1ccccc1)Nc1nc3ccccc3s1)CC1(CCC1)O2. The predicted molar refractivity (Wildman–Crippen MR) is 152 cm³/mol. The van der Waals surface area contributed by atoms with Crippen molar-refractivity contribution in [3.05, 3.63) is 89.5 Å². The molecule has 1 spiro atoms. The summed E-state index contributed by atoms with van der Waals surface area (Å²) in [4.78, 5) is 4.77. The van der Waals surface area contributed by atoms with Gasteiger partial charge < -0.3 is 20.5 Å². The van der Waals surface area contributed by atoms with Gasteiger partial charge in [0.05, 0.1) is 22.4 Å². The predicted octanol–water partition coefficient (Wildman–Crippen LogP) is 6.28. The van der Waals surface area contributed by atoms with Crippen LogP contribution in [0.3, 0.4) is 0 Å². The number of aromatic nitrogens is 1. The van der Waals surface area contributed by atoms with Crippen molar-refractivity contribution in [3.63, 3.8) is 0 Å². The van der Waals surface area contributed by atoms with Gasteiger partial charge in [0.25, 0.3) is 0 Å². The minimum absolute atomic E-state index is 0.0496. The number of hydrogen-bond acceptors (Lipinski definition) is 6. The zero-order valence-corrected chi connectivity index (χ0v) is 22.1. The maximum atomic E-state index is 11.5. The molecule has 0 bridgehead atoms. The summed E-state index contributed by atoms with van der Waals surface area (Å²) >= 11 is 1.63. The number of rotatable bonds is 9. The van der Waals surface area contributed by atoms with Gasteiger partial charge in [-0.2, -0.15) is 0 Å². The number of aliphatic hydroxyl groups is 1. The number of thiazole rings is 1. The number of aryl methyl sites for hydroxylation is 1. The van der Waals surface area contributed by atoms with E-state index in [1.165, 1.54) is 23.1 Å². The minimum atomic E-state index is -0.592. The third-order valence-corrected chi connectivity index (χ3v) is 8.93. The molecule has 3 N–H and O–H groups in total. The molecule has 3 atom stereocenters. The number of benzene rings is 3. The normalized spacial score (nSPS) is 19.6. The molecule has 0 saturated heterocycles. The van der Waals surface area contributed by atoms with E-state index in [0.717, 1.165) is 46.8 Å². The molecule has 0 radical (unpaired) electrons. The van der Waals surface area contributed by atoms with Crippen molar-refractivity contribution in [2.24, 2.45) is 0 Å². The molecule has 1 saturated carbocycles. The molecule has 0 unspecified atom stereocenters. The maximum Gasteiger partial charge on any atom is 0.184 e. The van der Waals surface area contributed by atoms with Crippen LogP contribution >= 0.6 is 11.3 Å². The zero-order valence-electron chi connectivity index (χ0n) is 21.3. The second kappa shape index (κ2) is 10.4. The Morgan fingerprint density at radius 1 is 1.05 bits per heavy atom. The van der Waals surface area contributed by atoms with Gasteiger partial charge in [-0.3, -0.25) is 0 Å². The molecule has 1 aromatic heterocycles. The first-order valence-electron chi connectivity index (χ1n) is 13.5. The monoisotopic (exact) mass is 513 g/mol. The lowest BCUT2D eigenvalue weighted by Gasteiger charge is -2.48. The van der Waals surface area contributed by atoms with Gasteiger partial charge in [-0.25, -0.2) is 4.98 Å². The Kier molecular flexibility index (Phi) is 6.89. The van der Waals surface area contributed by atoms with Gasteiger partial charge in [0.15, 0.2) is 5.13 Å². The highest BCUT2D eigenvalue weighted by Crippen LogP contribution is 2.49. The number of fused-ring (bicyclic) bond motifs is 2. The second-order valence-electron chi connectivity index (χ2n) is 10.5. The number of aliphatic hydroxyl groups excluding tert-OH is 1.